The van der Waals surface area contributed by atoms with Gasteiger partial charge in [-0.25, -0.2) is 0 Å². The highest BCUT2D eigenvalue weighted by Gasteiger charge is 2.32. The minimum atomic E-state index is -4.82. The second-order valence-electron chi connectivity index (χ2n) is 6.35. The first kappa shape index (κ1) is 19.1. The van der Waals surface area contributed by atoms with Crippen LogP contribution in [0.4, 0.5) is 13.2 Å². The van der Waals surface area contributed by atoms with Crippen molar-refractivity contribution in [2.75, 3.05) is 0 Å². The molecule has 0 aliphatic carbocycles. The zero-order chi connectivity index (χ0) is 20.8. The summed E-state index contributed by atoms with van der Waals surface area (Å²) in [5.41, 5.74) is 7.25. The van der Waals surface area contributed by atoms with Gasteiger partial charge < -0.3 is 15.0 Å². The van der Waals surface area contributed by atoms with Crippen LogP contribution in [0, 0.1) is 6.07 Å². The number of nitrogens with two attached hydrogens (primary N) is 1. The van der Waals surface area contributed by atoms with Crippen LogP contribution >= 0.6 is 11.6 Å². The summed E-state index contributed by atoms with van der Waals surface area (Å²) in [4.78, 5) is 11.9. The van der Waals surface area contributed by atoms with Crippen LogP contribution in [0.25, 0.3) is 21.8 Å². The van der Waals surface area contributed by atoms with E-state index in [0.717, 1.165) is 0 Å². The Kier molecular flexibility index (Phi) is 4.62. The lowest BCUT2D eigenvalue weighted by Crippen LogP contribution is -2.18. The monoisotopic (exact) mass is 417 g/mol. The van der Waals surface area contributed by atoms with Gasteiger partial charge in [-0.1, -0.05) is 41.9 Å². The summed E-state index contributed by atoms with van der Waals surface area (Å²) in [6.45, 7) is 0.0338. The number of benzene rings is 3. The highest BCUT2D eigenvalue weighted by molar-refractivity contribution is 6.36. The Morgan fingerprint density at radius 2 is 1.90 bits per heavy atom. The maximum absolute atomic E-state index is 12.8. The highest BCUT2D eigenvalue weighted by Crippen LogP contribution is 2.37. The van der Waals surface area contributed by atoms with E-state index in [0.29, 0.717) is 32.4 Å². The molecular formula is C21H13ClF3N2O2. The van der Waals surface area contributed by atoms with E-state index in [9.17, 15) is 18.0 Å². The number of ether oxygens (including phenoxy) is 1. The SMILES string of the molecule is NC(=O)c1cccc2c1c1[c]ccc(Cl)c1n2Cc1ccccc1OC(F)(F)F. The summed E-state index contributed by atoms with van der Waals surface area (Å²) >= 11 is 6.41. The van der Waals surface area contributed by atoms with E-state index in [4.69, 9.17) is 17.3 Å². The number of halogens is 4. The van der Waals surface area contributed by atoms with Crippen molar-refractivity contribution < 1.29 is 22.7 Å². The predicted molar refractivity (Wildman–Crippen MR) is 104 cm³/mol. The first-order valence-corrected chi connectivity index (χ1v) is 8.88. The lowest BCUT2D eigenvalue weighted by Gasteiger charge is -2.15. The Morgan fingerprint density at radius 3 is 2.62 bits per heavy atom. The molecule has 1 aromatic heterocycles. The third-order valence-electron chi connectivity index (χ3n) is 4.57. The second kappa shape index (κ2) is 7.00. The number of para-hydroxylation sites is 1. The lowest BCUT2D eigenvalue weighted by molar-refractivity contribution is -0.274. The van der Waals surface area contributed by atoms with E-state index in [2.05, 4.69) is 10.8 Å². The summed E-state index contributed by atoms with van der Waals surface area (Å²) in [5, 5.41) is 1.49. The number of rotatable bonds is 4. The molecule has 2 N–H and O–H groups in total. The number of primary amides is 1. The lowest BCUT2D eigenvalue weighted by atomic mass is 10.1. The van der Waals surface area contributed by atoms with Crippen LogP contribution < -0.4 is 10.5 Å². The highest BCUT2D eigenvalue weighted by atomic mass is 35.5. The normalized spacial score (nSPS) is 11.9. The van der Waals surface area contributed by atoms with E-state index in [1.807, 2.05) is 0 Å². The van der Waals surface area contributed by atoms with Crippen LogP contribution in [0.2, 0.25) is 5.02 Å². The molecule has 147 valence electrons. The van der Waals surface area contributed by atoms with E-state index in [1.165, 1.54) is 18.2 Å². The van der Waals surface area contributed by atoms with Crippen molar-refractivity contribution in [3.8, 4) is 5.75 Å². The van der Waals surface area contributed by atoms with Gasteiger partial charge in [0.2, 0.25) is 5.91 Å². The van der Waals surface area contributed by atoms with Gasteiger partial charge in [0.1, 0.15) is 5.75 Å². The second-order valence-corrected chi connectivity index (χ2v) is 6.76. The molecule has 1 amide bonds. The van der Waals surface area contributed by atoms with Crippen LogP contribution in [0.1, 0.15) is 15.9 Å². The number of nitrogens with zero attached hydrogens (tertiary/aromatic N) is 1. The van der Waals surface area contributed by atoms with Crippen LogP contribution in [0.3, 0.4) is 0 Å². The van der Waals surface area contributed by atoms with Gasteiger partial charge in [0, 0.05) is 21.9 Å². The quantitative estimate of drug-likeness (QED) is 0.490. The molecule has 8 heteroatoms. The zero-order valence-corrected chi connectivity index (χ0v) is 15.5. The molecule has 0 saturated carbocycles. The van der Waals surface area contributed by atoms with Gasteiger partial charge in [-0.3, -0.25) is 4.79 Å². The van der Waals surface area contributed by atoms with Gasteiger partial charge in [0.05, 0.1) is 22.6 Å². The Bertz CT molecular complexity index is 1250. The third-order valence-corrected chi connectivity index (χ3v) is 4.87. The first-order valence-electron chi connectivity index (χ1n) is 8.51. The van der Waals surface area contributed by atoms with Crippen LogP contribution in [-0.4, -0.2) is 16.8 Å². The Morgan fingerprint density at radius 1 is 1.14 bits per heavy atom. The standard InChI is InChI=1S/C21H13ClF3N2O2/c22-15-8-3-6-13-18-14(20(26)28)7-4-9-16(18)27(19(13)15)11-12-5-1-2-10-17(12)29-21(23,24)25/h1-5,7-10H,11H2,(H2,26,28). The molecule has 4 rings (SSSR count). The number of aromatic nitrogens is 1. The molecule has 0 fully saturated rings. The fraction of sp³-hybridized carbons (Fsp3) is 0.0952. The summed E-state index contributed by atoms with van der Waals surface area (Å²) < 4.78 is 44.3. The van der Waals surface area contributed by atoms with Crippen molar-refractivity contribution in [2.24, 2.45) is 5.73 Å². The first-order chi connectivity index (χ1) is 13.8. The maximum atomic E-state index is 12.8. The summed E-state index contributed by atoms with van der Waals surface area (Å²) in [5.74, 6) is -0.930. The summed E-state index contributed by atoms with van der Waals surface area (Å²) in [6.07, 6.45) is -4.82. The number of alkyl halides is 3. The molecule has 1 radical (unpaired) electrons. The largest absolute Gasteiger partial charge is 0.573 e. The fourth-order valence-corrected chi connectivity index (χ4v) is 3.73. The molecule has 4 nitrogen and oxygen atoms in total. The summed E-state index contributed by atoms with van der Waals surface area (Å²) in [6, 6.07) is 17.2. The van der Waals surface area contributed by atoms with Gasteiger partial charge in [-0.05, 0) is 30.3 Å². The van der Waals surface area contributed by atoms with Gasteiger partial charge in [0.25, 0.3) is 0 Å². The van der Waals surface area contributed by atoms with Crippen LogP contribution in [-0.2, 0) is 6.54 Å². The Balaban J connectivity index is 1.98. The van der Waals surface area contributed by atoms with Crippen molar-refractivity contribution in [1.29, 1.82) is 0 Å². The molecule has 29 heavy (non-hydrogen) atoms. The fourth-order valence-electron chi connectivity index (χ4n) is 3.47. The van der Waals surface area contributed by atoms with E-state index >= 15 is 0 Å². The minimum absolute atomic E-state index is 0.0338. The van der Waals surface area contributed by atoms with Crippen molar-refractivity contribution in [2.45, 2.75) is 12.9 Å². The van der Waals surface area contributed by atoms with Crippen LogP contribution in [0.5, 0.6) is 5.75 Å². The third kappa shape index (κ3) is 3.49. The number of hydrogen-bond acceptors (Lipinski definition) is 2. The van der Waals surface area contributed by atoms with Crippen molar-refractivity contribution in [1.82, 2.24) is 4.57 Å². The summed E-state index contributed by atoms with van der Waals surface area (Å²) in [7, 11) is 0. The average Bonchev–Trinajstić information content (AvgIpc) is 2.97. The number of carbonyl (C=O) groups excluding carboxylic acids is 1. The predicted octanol–water partition coefficient (Wildman–Crippen LogP) is 5.29. The molecule has 0 atom stereocenters. The van der Waals surface area contributed by atoms with E-state index < -0.39 is 12.3 Å². The van der Waals surface area contributed by atoms with Gasteiger partial charge in [0.15, 0.2) is 0 Å². The van der Waals surface area contributed by atoms with Crippen molar-refractivity contribution in [3.05, 3.63) is 76.8 Å². The van der Waals surface area contributed by atoms with Gasteiger partial charge in [-0.15, -0.1) is 13.2 Å². The molecular weight excluding hydrogens is 405 g/mol. The zero-order valence-electron chi connectivity index (χ0n) is 14.8. The molecule has 0 unspecified atom stereocenters. The molecule has 3 aromatic carbocycles. The Hall–Kier alpha value is -3.19. The maximum Gasteiger partial charge on any atom is 0.573 e. The van der Waals surface area contributed by atoms with E-state index in [-0.39, 0.29) is 17.9 Å². The van der Waals surface area contributed by atoms with Crippen molar-refractivity contribution >= 4 is 39.3 Å². The molecule has 0 bridgehead atoms. The number of hydrogen-bond donors (Lipinski definition) is 1. The molecule has 0 aliphatic heterocycles. The van der Waals surface area contributed by atoms with Crippen LogP contribution in [0.15, 0.2) is 54.6 Å². The molecule has 0 saturated heterocycles. The Labute approximate surface area is 168 Å². The van der Waals surface area contributed by atoms with Gasteiger partial charge >= 0.3 is 6.36 Å². The van der Waals surface area contributed by atoms with E-state index in [1.54, 1.807) is 41.0 Å². The number of fused-ring (bicyclic) bond motifs is 3. The molecule has 4 aromatic rings. The molecule has 1 heterocycles. The smallest absolute Gasteiger partial charge is 0.405 e. The number of amides is 1. The minimum Gasteiger partial charge on any atom is -0.405 e. The molecule has 0 aliphatic rings. The average molecular weight is 418 g/mol. The topological polar surface area (TPSA) is 57.2 Å². The van der Waals surface area contributed by atoms with Gasteiger partial charge in [-0.2, -0.15) is 0 Å². The number of carbonyl (C=O) groups is 1. The van der Waals surface area contributed by atoms with Crippen molar-refractivity contribution in [3.63, 3.8) is 0 Å². The molecule has 0 spiro atoms.